The monoisotopic (exact) mass is 421 g/mol. The Labute approximate surface area is 167 Å². The van der Waals surface area contributed by atoms with E-state index in [1.165, 1.54) is 33.4 Å². The van der Waals surface area contributed by atoms with E-state index < -0.39 is 0 Å². The van der Waals surface area contributed by atoms with Crippen LogP contribution >= 0.6 is 0 Å². The van der Waals surface area contributed by atoms with Crippen molar-refractivity contribution in [3.63, 3.8) is 0 Å². The summed E-state index contributed by atoms with van der Waals surface area (Å²) in [4.78, 5) is 0. The summed E-state index contributed by atoms with van der Waals surface area (Å²) in [5, 5.41) is 0. The van der Waals surface area contributed by atoms with Crippen molar-refractivity contribution in [2.75, 3.05) is 0 Å². The predicted molar refractivity (Wildman–Crippen MR) is 87.0 cm³/mol. The fourth-order valence-corrected chi connectivity index (χ4v) is 3.98. The Balaban J connectivity index is 0.00000132. The van der Waals surface area contributed by atoms with E-state index in [1.807, 2.05) is 0 Å². The first-order chi connectivity index (χ1) is 9.89. The predicted octanol–water partition coefficient (Wildman–Crippen LogP) is -0.336. The van der Waals surface area contributed by atoms with Crippen LogP contribution in [0.1, 0.15) is 48.0 Å². The Morgan fingerprint density at radius 3 is 2.13 bits per heavy atom. The van der Waals surface area contributed by atoms with Gasteiger partial charge < -0.3 is 24.8 Å². The smallest absolute Gasteiger partial charge is 1.00 e. The maximum Gasteiger partial charge on any atom is -1.00 e. The van der Waals surface area contributed by atoms with Gasteiger partial charge in [-0.25, -0.2) is 0 Å². The van der Waals surface area contributed by atoms with Crippen molar-refractivity contribution in [3.05, 3.63) is 64.7 Å². The van der Waals surface area contributed by atoms with Crippen LogP contribution in [0.15, 0.2) is 48.0 Å². The second-order valence-corrected chi connectivity index (χ2v) is 8.34. The molecule has 1 aliphatic carbocycles. The zero-order chi connectivity index (χ0) is 15.2. The van der Waals surface area contributed by atoms with Crippen molar-refractivity contribution in [1.29, 1.82) is 0 Å². The zero-order valence-corrected chi connectivity index (χ0v) is 17.9. The Bertz CT molecular complexity index is 727. The summed E-state index contributed by atoms with van der Waals surface area (Å²) < 4.78 is 0.633. The SMILES string of the molecule is CC1=Cc2c(-c3ccccc3C(C)(C)C)cccc2[CH]1[Zr+2].[Cl-].[Cl-]. The fraction of sp³-hybridized carbons (Fsp3) is 0.300. The van der Waals surface area contributed by atoms with Crippen LogP contribution in [0, 0.1) is 0 Å². The average molecular weight is 424 g/mol. The molecule has 0 fully saturated rings. The second kappa shape index (κ2) is 7.68. The minimum absolute atomic E-state index is 0. The molecule has 23 heavy (non-hydrogen) atoms. The van der Waals surface area contributed by atoms with Crippen molar-refractivity contribution in [3.8, 4) is 11.1 Å². The summed E-state index contributed by atoms with van der Waals surface area (Å²) in [5.41, 5.74) is 8.81. The molecule has 0 N–H and O–H groups in total. The molecule has 0 saturated carbocycles. The molecule has 1 atom stereocenters. The quantitative estimate of drug-likeness (QED) is 0.589. The molecular formula is C20H21Cl2Zr. The van der Waals surface area contributed by atoms with E-state index >= 15 is 0 Å². The molecule has 0 spiro atoms. The van der Waals surface area contributed by atoms with Crippen LogP contribution in [0.3, 0.4) is 0 Å². The summed E-state index contributed by atoms with van der Waals surface area (Å²) >= 11 is 1.58. The molecule has 0 bridgehead atoms. The second-order valence-electron chi connectivity index (χ2n) is 6.93. The van der Waals surface area contributed by atoms with Crippen molar-refractivity contribution >= 4 is 6.08 Å². The van der Waals surface area contributed by atoms with Crippen LogP contribution in [0.2, 0.25) is 0 Å². The summed E-state index contributed by atoms with van der Waals surface area (Å²) in [6.07, 6.45) is 2.39. The number of allylic oxidation sites excluding steroid dienone is 1. The molecule has 0 amide bonds. The van der Waals surface area contributed by atoms with Crippen LogP contribution < -0.4 is 24.8 Å². The van der Waals surface area contributed by atoms with Crippen LogP contribution in [-0.2, 0) is 30.1 Å². The maximum absolute atomic E-state index is 2.39. The molecule has 0 radical (unpaired) electrons. The van der Waals surface area contributed by atoms with Gasteiger partial charge in [0.2, 0.25) is 0 Å². The van der Waals surface area contributed by atoms with E-state index in [0.717, 1.165) is 0 Å². The Morgan fingerprint density at radius 1 is 0.870 bits per heavy atom. The average Bonchev–Trinajstić information content (AvgIpc) is 2.74. The van der Waals surface area contributed by atoms with Gasteiger partial charge in [0, 0.05) is 0 Å². The van der Waals surface area contributed by atoms with E-state index in [-0.39, 0.29) is 30.2 Å². The first kappa shape index (κ1) is 20.7. The summed E-state index contributed by atoms with van der Waals surface area (Å²) in [6, 6.07) is 15.7. The van der Waals surface area contributed by atoms with Gasteiger partial charge in [0.15, 0.2) is 0 Å². The molecule has 3 rings (SSSR count). The number of halogens is 2. The fourth-order valence-electron chi connectivity index (χ4n) is 3.16. The Morgan fingerprint density at radius 2 is 1.48 bits per heavy atom. The van der Waals surface area contributed by atoms with Crippen LogP contribution in [0.4, 0.5) is 0 Å². The first-order valence-electron chi connectivity index (χ1n) is 7.51. The van der Waals surface area contributed by atoms with Gasteiger partial charge in [-0.15, -0.1) is 0 Å². The van der Waals surface area contributed by atoms with Gasteiger partial charge in [0.1, 0.15) is 0 Å². The third-order valence-electron chi connectivity index (χ3n) is 4.30. The molecule has 3 heteroatoms. The van der Waals surface area contributed by atoms with Crippen LogP contribution in [0.25, 0.3) is 17.2 Å². The van der Waals surface area contributed by atoms with Crippen molar-refractivity contribution in [1.82, 2.24) is 0 Å². The molecule has 0 nitrogen and oxygen atoms in total. The summed E-state index contributed by atoms with van der Waals surface area (Å²) in [6.45, 7) is 9.15. The van der Waals surface area contributed by atoms with E-state index in [0.29, 0.717) is 3.63 Å². The molecule has 2 aromatic carbocycles. The van der Waals surface area contributed by atoms with Crippen molar-refractivity contribution in [2.24, 2.45) is 0 Å². The van der Waals surface area contributed by atoms with Gasteiger partial charge in [0.05, 0.1) is 0 Å². The molecule has 0 aromatic heterocycles. The topological polar surface area (TPSA) is 0 Å². The number of rotatable bonds is 1. The minimum atomic E-state index is 0. The standard InChI is InChI=1S/C20H21.2ClH.Zr/c1-14-12-15-8-7-10-16(18(15)13-14)17-9-5-6-11-19(17)20(2,3)4;;;/h5-13H,1-4H3;2*1H;/q;;;+2/p-2. The molecule has 0 saturated heterocycles. The summed E-state index contributed by atoms with van der Waals surface area (Å²) in [5.74, 6) is 0. The number of hydrogen-bond donors (Lipinski definition) is 0. The third-order valence-corrected chi connectivity index (χ3v) is 6.19. The first-order valence-corrected chi connectivity index (χ1v) is 8.93. The van der Waals surface area contributed by atoms with E-state index in [2.05, 4.69) is 76.2 Å². The normalized spacial score (nSPS) is 16.1. The molecule has 1 unspecified atom stereocenters. The Kier molecular flexibility index (Phi) is 6.91. The zero-order valence-electron chi connectivity index (χ0n) is 14.0. The number of fused-ring (bicyclic) bond motifs is 1. The largest absolute Gasteiger partial charge is 1.00 e. The third kappa shape index (κ3) is 3.84. The molecule has 0 aliphatic heterocycles. The van der Waals surface area contributed by atoms with E-state index in [4.69, 9.17) is 0 Å². The molecule has 2 aromatic rings. The minimum Gasteiger partial charge on any atom is -1.00 e. The van der Waals surface area contributed by atoms with Crippen molar-refractivity contribution in [2.45, 2.75) is 36.7 Å². The van der Waals surface area contributed by atoms with Gasteiger partial charge in [-0.1, -0.05) is 0 Å². The van der Waals surface area contributed by atoms with E-state index in [9.17, 15) is 0 Å². The molecule has 0 heterocycles. The summed E-state index contributed by atoms with van der Waals surface area (Å²) in [7, 11) is 0. The van der Waals surface area contributed by atoms with Gasteiger partial charge >= 0.3 is 143 Å². The Hall–Kier alpha value is -0.357. The van der Waals surface area contributed by atoms with Crippen molar-refractivity contribution < 1.29 is 49.5 Å². The van der Waals surface area contributed by atoms with Crippen LogP contribution in [0.5, 0.6) is 0 Å². The number of hydrogen-bond acceptors (Lipinski definition) is 0. The maximum atomic E-state index is 2.39. The van der Waals surface area contributed by atoms with E-state index in [1.54, 1.807) is 24.7 Å². The van der Waals surface area contributed by atoms with Gasteiger partial charge in [-0.3, -0.25) is 0 Å². The van der Waals surface area contributed by atoms with Gasteiger partial charge in [-0.05, 0) is 0 Å². The molecule has 119 valence electrons. The van der Waals surface area contributed by atoms with Gasteiger partial charge in [-0.2, -0.15) is 0 Å². The molecular weight excluding hydrogens is 402 g/mol. The number of benzene rings is 2. The van der Waals surface area contributed by atoms with Crippen LogP contribution in [-0.4, -0.2) is 0 Å². The molecule has 1 aliphatic rings. The van der Waals surface area contributed by atoms with Gasteiger partial charge in [0.25, 0.3) is 0 Å².